The van der Waals surface area contributed by atoms with Gasteiger partial charge in [0.25, 0.3) is 0 Å². The lowest BCUT2D eigenvalue weighted by Crippen LogP contribution is -2.25. The van der Waals surface area contributed by atoms with Gasteiger partial charge in [-0.3, -0.25) is 0 Å². The van der Waals surface area contributed by atoms with Crippen molar-refractivity contribution in [2.75, 3.05) is 6.61 Å². The molecule has 3 unspecified atom stereocenters. The number of carbonyl (C=O) groups excluding carboxylic acids is 1. The fourth-order valence-corrected chi connectivity index (χ4v) is 3.14. The van der Waals surface area contributed by atoms with Crippen molar-refractivity contribution >= 4 is 11.8 Å². The third-order valence-corrected chi connectivity index (χ3v) is 3.87. The van der Waals surface area contributed by atoms with Gasteiger partial charge < -0.3 is 4.74 Å². The van der Waals surface area contributed by atoms with Gasteiger partial charge in [-0.2, -0.15) is 5.10 Å². The van der Waals surface area contributed by atoms with Crippen LogP contribution in [0.1, 0.15) is 39.5 Å². The highest BCUT2D eigenvalue weighted by molar-refractivity contribution is 5.86. The summed E-state index contributed by atoms with van der Waals surface area (Å²) in [5.74, 6) is 2.29. The monoisotopic (exact) mass is 224 g/mol. The Morgan fingerprint density at radius 1 is 1.44 bits per heavy atom. The first-order valence-corrected chi connectivity index (χ1v) is 6.17. The summed E-state index contributed by atoms with van der Waals surface area (Å²) in [6.45, 7) is 4.18. The zero-order valence-corrected chi connectivity index (χ0v) is 10.0. The van der Waals surface area contributed by atoms with Crippen LogP contribution in [-0.2, 0) is 4.74 Å². The largest absolute Gasteiger partial charge is 0.449 e. The maximum Gasteiger partial charge on any atom is 0.427 e. The molecule has 0 aromatic carbocycles. The Balaban J connectivity index is 1.85. The number of nitrogens with one attached hydrogen (secondary N) is 1. The fourth-order valence-electron chi connectivity index (χ4n) is 3.14. The average molecular weight is 224 g/mol. The van der Waals surface area contributed by atoms with Gasteiger partial charge in [-0.15, -0.1) is 0 Å². The fraction of sp³-hybridized carbons (Fsp3) is 0.833. The van der Waals surface area contributed by atoms with Crippen molar-refractivity contribution in [3.05, 3.63) is 0 Å². The lowest BCUT2D eigenvalue weighted by molar-refractivity contribution is 0.152. The van der Waals surface area contributed by atoms with Crippen molar-refractivity contribution in [2.45, 2.75) is 39.5 Å². The Kier molecular flexibility index (Phi) is 3.46. The van der Waals surface area contributed by atoms with Gasteiger partial charge in [-0.25, -0.2) is 10.2 Å². The Morgan fingerprint density at radius 2 is 2.25 bits per heavy atom. The van der Waals surface area contributed by atoms with Crippen molar-refractivity contribution in [2.24, 2.45) is 22.9 Å². The van der Waals surface area contributed by atoms with Crippen molar-refractivity contribution in [1.82, 2.24) is 5.43 Å². The van der Waals surface area contributed by atoms with Crippen molar-refractivity contribution in [3.63, 3.8) is 0 Å². The lowest BCUT2D eigenvalue weighted by atomic mass is 9.86. The van der Waals surface area contributed by atoms with Gasteiger partial charge in [0.15, 0.2) is 0 Å². The van der Waals surface area contributed by atoms with E-state index in [1.54, 1.807) is 6.92 Å². The van der Waals surface area contributed by atoms with E-state index in [-0.39, 0.29) is 0 Å². The number of hydrogen-bond acceptors (Lipinski definition) is 3. The van der Waals surface area contributed by atoms with Crippen molar-refractivity contribution in [3.8, 4) is 0 Å². The van der Waals surface area contributed by atoms with Gasteiger partial charge in [0, 0.05) is 11.6 Å². The van der Waals surface area contributed by atoms with E-state index >= 15 is 0 Å². The van der Waals surface area contributed by atoms with Crippen LogP contribution in [0, 0.1) is 17.8 Å². The summed E-state index contributed by atoms with van der Waals surface area (Å²) in [7, 11) is 0. The number of hydrogen-bond donors (Lipinski definition) is 1. The summed E-state index contributed by atoms with van der Waals surface area (Å²) in [5, 5.41) is 4.14. The minimum atomic E-state index is -0.454. The molecule has 3 atom stereocenters. The first-order valence-electron chi connectivity index (χ1n) is 6.17. The highest BCUT2D eigenvalue weighted by Gasteiger charge is 2.40. The summed E-state index contributed by atoms with van der Waals surface area (Å²) in [5.41, 5.74) is 3.50. The standard InChI is InChI=1S/C12H20N2O2/c1-3-16-12(15)14-13-8(2)11-7-9-4-5-10(11)6-9/h9-11H,3-7H2,1-2H3,(H,14,15)/b13-8-. The van der Waals surface area contributed by atoms with E-state index in [9.17, 15) is 4.79 Å². The minimum Gasteiger partial charge on any atom is -0.449 e. The van der Waals surface area contributed by atoms with Gasteiger partial charge in [0.1, 0.15) is 0 Å². The molecule has 16 heavy (non-hydrogen) atoms. The molecule has 2 aliphatic carbocycles. The molecule has 0 heterocycles. The number of carbonyl (C=O) groups is 1. The van der Waals surface area contributed by atoms with E-state index in [2.05, 4.69) is 10.5 Å². The normalized spacial score (nSPS) is 32.9. The summed E-state index contributed by atoms with van der Waals surface area (Å²) in [4.78, 5) is 11.1. The van der Waals surface area contributed by atoms with Crippen LogP contribution in [0.15, 0.2) is 5.10 Å². The predicted octanol–water partition coefficient (Wildman–Crippen LogP) is 2.54. The molecular weight excluding hydrogens is 204 g/mol. The van der Waals surface area contributed by atoms with Crippen LogP contribution < -0.4 is 5.43 Å². The number of hydrazone groups is 1. The molecule has 2 bridgehead atoms. The second-order valence-corrected chi connectivity index (χ2v) is 4.87. The maximum atomic E-state index is 11.1. The molecule has 2 saturated carbocycles. The summed E-state index contributed by atoms with van der Waals surface area (Å²) in [6, 6.07) is 0. The number of fused-ring (bicyclic) bond motifs is 2. The third-order valence-electron chi connectivity index (χ3n) is 3.87. The van der Waals surface area contributed by atoms with E-state index < -0.39 is 6.09 Å². The molecule has 1 N–H and O–H groups in total. The van der Waals surface area contributed by atoms with E-state index in [1.807, 2.05) is 6.92 Å². The molecule has 4 heteroatoms. The highest BCUT2D eigenvalue weighted by Crippen LogP contribution is 2.48. The molecule has 1 amide bonds. The molecule has 2 rings (SSSR count). The molecule has 2 aliphatic rings. The minimum absolute atomic E-state index is 0.383. The van der Waals surface area contributed by atoms with Crippen LogP contribution in [0.3, 0.4) is 0 Å². The molecule has 90 valence electrons. The smallest absolute Gasteiger partial charge is 0.427 e. The Labute approximate surface area is 96.4 Å². The molecule has 0 saturated heterocycles. The predicted molar refractivity (Wildman–Crippen MR) is 62.2 cm³/mol. The number of ether oxygens (including phenoxy) is 1. The number of amides is 1. The zero-order chi connectivity index (χ0) is 11.5. The van der Waals surface area contributed by atoms with Crippen molar-refractivity contribution in [1.29, 1.82) is 0 Å². The summed E-state index contributed by atoms with van der Waals surface area (Å²) in [6.07, 6.45) is 4.88. The van der Waals surface area contributed by atoms with Gasteiger partial charge in [0.05, 0.1) is 6.61 Å². The molecule has 2 fully saturated rings. The second kappa shape index (κ2) is 4.85. The maximum absolute atomic E-state index is 11.1. The second-order valence-electron chi connectivity index (χ2n) is 4.87. The van der Waals surface area contributed by atoms with Crippen LogP contribution in [0.25, 0.3) is 0 Å². The highest BCUT2D eigenvalue weighted by atomic mass is 16.5. The molecule has 0 aromatic rings. The van der Waals surface area contributed by atoms with Crippen LogP contribution in [0.2, 0.25) is 0 Å². The van der Waals surface area contributed by atoms with Gasteiger partial charge in [-0.1, -0.05) is 6.42 Å². The first kappa shape index (κ1) is 11.4. The molecule has 0 aliphatic heterocycles. The summed E-state index contributed by atoms with van der Waals surface area (Å²) < 4.78 is 4.76. The molecular formula is C12H20N2O2. The van der Waals surface area contributed by atoms with Gasteiger partial charge >= 0.3 is 6.09 Å². The molecule has 4 nitrogen and oxygen atoms in total. The molecule has 0 spiro atoms. The van der Waals surface area contributed by atoms with Crippen LogP contribution >= 0.6 is 0 Å². The Hall–Kier alpha value is -1.06. The molecule has 0 radical (unpaired) electrons. The SMILES string of the molecule is CCOC(=O)N/N=C(/C)C1CC2CCC1C2. The van der Waals surface area contributed by atoms with Gasteiger partial charge in [-0.05, 0) is 44.9 Å². The van der Waals surface area contributed by atoms with Crippen LogP contribution in [0.5, 0.6) is 0 Å². The van der Waals surface area contributed by atoms with E-state index in [4.69, 9.17) is 4.74 Å². The van der Waals surface area contributed by atoms with Crippen LogP contribution in [-0.4, -0.2) is 18.4 Å². The average Bonchev–Trinajstić information content (AvgIpc) is 2.88. The van der Waals surface area contributed by atoms with Crippen LogP contribution in [0.4, 0.5) is 4.79 Å². The Bertz CT molecular complexity index is 301. The summed E-state index contributed by atoms with van der Waals surface area (Å²) >= 11 is 0. The van der Waals surface area contributed by atoms with Crippen molar-refractivity contribution < 1.29 is 9.53 Å². The Morgan fingerprint density at radius 3 is 2.81 bits per heavy atom. The third kappa shape index (κ3) is 2.36. The number of nitrogens with zero attached hydrogens (tertiary/aromatic N) is 1. The first-order chi connectivity index (χ1) is 7.70. The van der Waals surface area contributed by atoms with E-state index in [0.717, 1.165) is 17.5 Å². The number of rotatable bonds is 3. The topological polar surface area (TPSA) is 50.7 Å². The van der Waals surface area contributed by atoms with E-state index in [0.29, 0.717) is 12.5 Å². The van der Waals surface area contributed by atoms with E-state index in [1.165, 1.54) is 25.7 Å². The lowest BCUT2D eigenvalue weighted by Gasteiger charge is -2.21. The van der Waals surface area contributed by atoms with Gasteiger partial charge in [0.2, 0.25) is 0 Å². The zero-order valence-electron chi connectivity index (χ0n) is 10.0. The quantitative estimate of drug-likeness (QED) is 0.591. The molecule has 0 aromatic heterocycles.